The van der Waals surface area contributed by atoms with Gasteiger partial charge in [-0.15, -0.1) is 26.9 Å². The third-order valence-electron chi connectivity index (χ3n) is 2.83. The van der Waals surface area contributed by atoms with E-state index in [0.29, 0.717) is 11.5 Å². The molecule has 0 unspecified atom stereocenters. The highest BCUT2D eigenvalue weighted by Gasteiger charge is 2.40. The monoisotopic (exact) mass is 378 g/mol. The van der Waals surface area contributed by atoms with Crippen molar-refractivity contribution in [3.63, 3.8) is 0 Å². The second-order valence-electron chi connectivity index (χ2n) is 4.33. The number of hydrogen-bond donors (Lipinski definition) is 0. The van der Waals surface area contributed by atoms with Gasteiger partial charge in [0.25, 0.3) is 0 Å². The van der Waals surface area contributed by atoms with Gasteiger partial charge in [-0.3, -0.25) is 0 Å². The number of halogens is 4. The highest BCUT2D eigenvalue weighted by Crippen LogP contribution is 2.36. The SMILES string of the molecule is Br.Cc1ccc(C2=Nn3nnc(C(F)(F)F)c3SC2)cc1. The standard InChI is InChI=1S/C12H9F3N4S.BrH/c1-7-2-4-8(5-3-7)9-6-20-11-10(12(13,14)15)16-18-19(11)17-9;/h2-5H,6H2,1H3;1H. The van der Waals surface area contributed by atoms with Crippen molar-refractivity contribution in [3.05, 3.63) is 41.1 Å². The van der Waals surface area contributed by atoms with Crippen molar-refractivity contribution in [1.29, 1.82) is 0 Å². The van der Waals surface area contributed by atoms with Crippen molar-refractivity contribution in [2.45, 2.75) is 18.1 Å². The van der Waals surface area contributed by atoms with Gasteiger partial charge in [0.1, 0.15) is 0 Å². The number of nitrogens with zero attached hydrogens (tertiary/aromatic N) is 4. The minimum absolute atomic E-state index is 0. The Morgan fingerprint density at radius 1 is 1.19 bits per heavy atom. The third kappa shape index (κ3) is 3.13. The summed E-state index contributed by atoms with van der Waals surface area (Å²) in [5.74, 6) is 0.361. The first kappa shape index (κ1) is 16.0. The van der Waals surface area contributed by atoms with E-state index in [1.807, 2.05) is 31.2 Å². The summed E-state index contributed by atoms with van der Waals surface area (Å²) < 4.78 is 38.1. The van der Waals surface area contributed by atoms with Crippen molar-refractivity contribution >= 4 is 34.5 Å². The lowest BCUT2D eigenvalue weighted by molar-refractivity contribution is -0.143. The molecule has 21 heavy (non-hydrogen) atoms. The maximum Gasteiger partial charge on any atom is 0.438 e. The van der Waals surface area contributed by atoms with Gasteiger partial charge in [0.05, 0.1) is 5.71 Å². The van der Waals surface area contributed by atoms with Crippen LogP contribution in [0.25, 0.3) is 0 Å². The zero-order valence-corrected chi connectivity index (χ0v) is 13.3. The summed E-state index contributed by atoms with van der Waals surface area (Å²) in [5.41, 5.74) is 1.69. The molecule has 0 aliphatic carbocycles. The summed E-state index contributed by atoms with van der Waals surface area (Å²) in [7, 11) is 0. The Labute approximate surface area is 133 Å². The van der Waals surface area contributed by atoms with Gasteiger partial charge in [0.15, 0.2) is 5.03 Å². The second kappa shape index (κ2) is 5.80. The van der Waals surface area contributed by atoms with Gasteiger partial charge < -0.3 is 0 Å². The molecule has 0 N–H and O–H groups in total. The van der Waals surface area contributed by atoms with E-state index in [4.69, 9.17) is 0 Å². The second-order valence-corrected chi connectivity index (χ2v) is 5.30. The van der Waals surface area contributed by atoms with E-state index in [-0.39, 0.29) is 22.0 Å². The molecule has 0 radical (unpaired) electrons. The van der Waals surface area contributed by atoms with Gasteiger partial charge in [-0.1, -0.05) is 41.6 Å². The number of thioether (sulfide) groups is 1. The van der Waals surface area contributed by atoms with E-state index >= 15 is 0 Å². The van der Waals surface area contributed by atoms with Crippen LogP contribution in [0.3, 0.4) is 0 Å². The molecule has 0 bridgehead atoms. The highest BCUT2D eigenvalue weighted by atomic mass is 79.9. The smallest absolute Gasteiger partial charge is 0.164 e. The molecule has 0 amide bonds. The fourth-order valence-corrected chi connectivity index (χ4v) is 2.79. The van der Waals surface area contributed by atoms with Gasteiger partial charge in [0, 0.05) is 5.75 Å². The maximum absolute atomic E-state index is 12.7. The molecule has 9 heteroatoms. The zero-order chi connectivity index (χ0) is 14.3. The fraction of sp³-hybridized carbons (Fsp3) is 0.250. The summed E-state index contributed by atoms with van der Waals surface area (Å²) in [6.45, 7) is 1.96. The average Bonchev–Trinajstić information content (AvgIpc) is 2.82. The molecule has 0 spiro atoms. The third-order valence-corrected chi connectivity index (χ3v) is 3.88. The minimum Gasteiger partial charge on any atom is -0.164 e. The Hall–Kier alpha value is -1.35. The predicted octanol–water partition coefficient (Wildman–Crippen LogP) is 3.54. The molecular formula is C12H10BrF3N4S. The molecule has 2 heterocycles. The van der Waals surface area contributed by atoms with Crippen LogP contribution in [0, 0.1) is 6.92 Å². The van der Waals surface area contributed by atoms with E-state index in [2.05, 4.69) is 15.4 Å². The van der Waals surface area contributed by atoms with Crippen molar-refractivity contribution in [2.24, 2.45) is 5.10 Å². The largest absolute Gasteiger partial charge is 0.438 e. The number of aromatic nitrogens is 3. The van der Waals surface area contributed by atoms with Crippen LogP contribution < -0.4 is 0 Å². The Morgan fingerprint density at radius 3 is 2.48 bits per heavy atom. The van der Waals surface area contributed by atoms with Crippen LogP contribution >= 0.6 is 28.7 Å². The average molecular weight is 379 g/mol. The number of rotatable bonds is 1. The topological polar surface area (TPSA) is 43.1 Å². The molecule has 1 aliphatic heterocycles. The Bertz CT molecular complexity index is 679. The van der Waals surface area contributed by atoms with Gasteiger partial charge in [-0.25, -0.2) is 0 Å². The number of hydrogen-bond acceptors (Lipinski definition) is 4. The van der Waals surface area contributed by atoms with Crippen molar-refractivity contribution in [1.82, 2.24) is 15.1 Å². The summed E-state index contributed by atoms with van der Waals surface area (Å²) >= 11 is 1.04. The number of benzene rings is 1. The minimum atomic E-state index is -4.50. The molecule has 0 saturated carbocycles. The van der Waals surface area contributed by atoms with Gasteiger partial charge >= 0.3 is 6.18 Å². The van der Waals surface area contributed by atoms with Gasteiger partial charge in [-0.05, 0) is 17.7 Å². The first-order valence-electron chi connectivity index (χ1n) is 5.76. The molecule has 2 aromatic rings. The molecule has 3 rings (SSSR count). The van der Waals surface area contributed by atoms with Crippen LogP contribution in [0.15, 0.2) is 34.4 Å². The first-order valence-corrected chi connectivity index (χ1v) is 6.74. The molecule has 1 aromatic heterocycles. The molecule has 1 aliphatic rings. The van der Waals surface area contributed by atoms with Crippen molar-refractivity contribution in [3.8, 4) is 0 Å². The summed E-state index contributed by atoms with van der Waals surface area (Å²) in [5, 5.41) is 10.7. The number of fused-ring (bicyclic) bond motifs is 1. The molecule has 1 aromatic carbocycles. The quantitative estimate of drug-likeness (QED) is 0.761. The van der Waals surface area contributed by atoms with E-state index in [1.165, 1.54) is 0 Å². The summed E-state index contributed by atoms with van der Waals surface area (Å²) in [6.07, 6.45) is -4.50. The normalized spacial score (nSPS) is 14.2. The van der Waals surface area contributed by atoms with Crippen LogP contribution in [-0.4, -0.2) is 26.6 Å². The van der Waals surface area contributed by atoms with Crippen LogP contribution in [0.2, 0.25) is 0 Å². The van der Waals surface area contributed by atoms with E-state index < -0.39 is 11.9 Å². The molecular weight excluding hydrogens is 369 g/mol. The lowest BCUT2D eigenvalue weighted by atomic mass is 10.1. The van der Waals surface area contributed by atoms with E-state index in [0.717, 1.165) is 27.7 Å². The number of aryl methyl sites for hydroxylation is 1. The molecule has 4 nitrogen and oxygen atoms in total. The Morgan fingerprint density at radius 2 is 1.86 bits per heavy atom. The Kier molecular flexibility index (Phi) is 4.43. The van der Waals surface area contributed by atoms with Crippen LogP contribution in [0.5, 0.6) is 0 Å². The van der Waals surface area contributed by atoms with E-state index in [9.17, 15) is 13.2 Å². The summed E-state index contributed by atoms with van der Waals surface area (Å²) in [6, 6.07) is 7.64. The van der Waals surface area contributed by atoms with Crippen molar-refractivity contribution in [2.75, 3.05) is 5.75 Å². The highest BCUT2D eigenvalue weighted by molar-refractivity contribution is 8.93. The summed E-state index contributed by atoms with van der Waals surface area (Å²) in [4.78, 5) is 0.951. The van der Waals surface area contributed by atoms with Crippen molar-refractivity contribution < 1.29 is 13.2 Å². The molecule has 0 fully saturated rings. The van der Waals surface area contributed by atoms with E-state index in [1.54, 1.807) is 0 Å². The fourth-order valence-electron chi connectivity index (χ4n) is 1.80. The first-order chi connectivity index (χ1) is 9.45. The molecule has 0 atom stereocenters. The van der Waals surface area contributed by atoms with Gasteiger partial charge in [-0.2, -0.15) is 18.3 Å². The molecule has 112 valence electrons. The number of alkyl halides is 3. The predicted molar refractivity (Wildman–Crippen MR) is 79.2 cm³/mol. The lowest BCUT2D eigenvalue weighted by Crippen LogP contribution is -2.15. The maximum atomic E-state index is 12.7. The van der Waals surface area contributed by atoms with Crippen LogP contribution in [-0.2, 0) is 6.18 Å². The van der Waals surface area contributed by atoms with Crippen LogP contribution in [0.4, 0.5) is 13.2 Å². The van der Waals surface area contributed by atoms with Crippen LogP contribution in [0.1, 0.15) is 16.8 Å². The Balaban J connectivity index is 0.00000161. The van der Waals surface area contributed by atoms with Gasteiger partial charge in [0.2, 0.25) is 5.69 Å². The zero-order valence-electron chi connectivity index (χ0n) is 10.8. The lowest BCUT2D eigenvalue weighted by Gasteiger charge is -2.13. The molecule has 0 saturated heterocycles.